The SMILES string of the molecule is CN(C)C1=NC2(CCN(C(=O)c3cnc4c(c3)ncn4C3CCCC3)CC2)C(=O)N1. The number of hydrogen-bond acceptors (Lipinski definition) is 6. The van der Waals surface area contributed by atoms with Crippen LogP contribution in [0.15, 0.2) is 23.6 Å². The topological polar surface area (TPSA) is 95.7 Å². The molecule has 5 rings (SSSR count). The molecular formula is C21H27N7O2. The Kier molecular flexibility index (Phi) is 4.48. The van der Waals surface area contributed by atoms with E-state index in [-0.39, 0.29) is 11.8 Å². The number of aromatic nitrogens is 3. The Morgan fingerprint density at radius 1 is 1.20 bits per heavy atom. The van der Waals surface area contributed by atoms with Gasteiger partial charge in [0.1, 0.15) is 11.1 Å². The number of fused-ring (bicyclic) bond motifs is 1. The van der Waals surface area contributed by atoms with Gasteiger partial charge in [0.15, 0.2) is 5.65 Å². The van der Waals surface area contributed by atoms with Crippen LogP contribution in [-0.4, -0.2) is 74.8 Å². The van der Waals surface area contributed by atoms with Gasteiger partial charge in [-0.1, -0.05) is 12.8 Å². The van der Waals surface area contributed by atoms with Crippen molar-refractivity contribution in [2.75, 3.05) is 27.2 Å². The molecule has 2 aliphatic heterocycles. The van der Waals surface area contributed by atoms with E-state index in [4.69, 9.17) is 0 Å². The maximum absolute atomic E-state index is 13.1. The molecule has 1 saturated carbocycles. The summed E-state index contributed by atoms with van der Waals surface area (Å²) in [5.41, 5.74) is 1.41. The van der Waals surface area contributed by atoms with Gasteiger partial charge in [0.25, 0.3) is 11.8 Å². The summed E-state index contributed by atoms with van der Waals surface area (Å²) >= 11 is 0. The third-order valence-corrected chi connectivity index (χ3v) is 6.65. The summed E-state index contributed by atoms with van der Waals surface area (Å²) in [6, 6.07) is 2.30. The van der Waals surface area contributed by atoms with Crippen LogP contribution >= 0.6 is 0 Å². The van der Waals surface area contributed by atoms with Crippen LogP contribution in [0.1, 0.15) is 54.9 Å². The summed E-state index contributed by atoms with van der Waals surface area (Å²) in [5, 5.41) is 2.85. The van der Waals surface area contributed by atoms with Gasteiger partial charge in [0.2, 0.25) is 5.96 Å². The molecule has 2 aromatic heterocycles. The highest BCUT2D eigenvalue weighted by molar-refractivity contribution is 6.07. The molecule has 3 aliphatic rings. The van der Waals surface area contributed by atoms with Crippen LogP contribution in [0.5, 0.6) is 0 Å². The van der Waals surface area contributed by atoms with E-state index in [9.17, 15) is 9.59 Å². The number of imidazole rings is 1. The second-order valence-electron chi connectivity index (χ2n) is 8.76. The van der Waals surface area contributed by atoms with Crippen LogP contribution in [0.25, 0.3) is 11.2 Å². The third-order valence-electron chi connectivity index (χ3n) is 6.65. The average molecular weight is 409 g/mol. The summed E-state index contributed by atoms with van der Waals surface area (Å²) < 4.78 is 2.15. The Morgan fingerprint density at radius 3 is 2.60 bits per heavy atom. The van der Waals surface area contributed by atoms with Crippen LogP contribution in [-0.2, 0) is 4.79 Å². The number of guanidine groups is 1. The van der Waals surface area contributed by atoms with Crippen LogP contribution in [0.2, 0.25) is 0 Å². The number of carbonyl (C=O) groups is 2. The lowest BCUT2D eigenvalue weighted by Gasteiger charge is -2.35. The third kappa shape index (κ3) is 3.03. The van der Waals surface area contributed by atoms with Gasteiger partial charge in [-0.2, -0.15) is 0 Å². The van der Waals surface area contributed by atoms with Gasteiger partial charge in [-0.15, -0.1) is 0 Å². The van der Waals surface area contributed by atoms with E-state index >= 15 is 0 Å². The summed E-state index contributed by atoms with van der Waals surface area (Å²) in [6.45, 7) is 0.982. The molecule has 0 unspecified atom stereocenters. The fourth-order valence-electron chi connectivity index (χ4n) is 4.80. The summed E-state index contributed by atoms with van der Waals surface area (Å²) in [5.74, 6) is 0.455. The van der Waals surface area contributed by atoms with Crippen LogP contribution in [0, 0.1) is 0 Å². The van der Waals surface area contributed by atoms with Crippen molar-refractivity contribution in [3.05, 3.63) is 24.2 Å². The number of likely N-dealkylation sites (tertiary alicyclic amines) is 1. The second kappa shape index (κ2) is 7.07. The van der Waals surface area contributed by atoms with Crippen molar-refractivity contribution >= 4 is 28.9 Å². The van der Waals surface area contributed by atoms with Gasteiger partial charge in [-0.25, -0.2) is 15.0 Å². The van der Waals surface area contributed by atoms with E-state index in [1.54, 1.807) is 16.0 Å². The Balaban J connectivity index is 1.31. The molecule has 158 valence electrons. The fourth-order valence-corrected chi connectivity index (χ4v) is 4.80. The fraction of sp³-hybridized carbons (Fsp3) is 0.571. The highest BCUT2D eigenvalue weighted by Gasteiger charge is 2.47. The molecule has 1 spiro atoms. The van der Waals surface area contributed by atoms with Crippen molar-refractivity contribution in [3.8, 4) is 0 Å². The van der Waals surface area contributed by atoms with Gasteiger partial charge in [-0.05, 0) is 31.7 Å². The number of hydrogen-bond donors (Lipinski definition) is 1. The molecule has 0 aromatic carbocycles. The minimum absolute atomic E-state index is 0.0649. The highest BCUT2D eigenvalue weighted by Crippen LogP contribution is 2.33. The lowest BCUT2D eigenvalue weighted by Crippen LogP contribution is -2.50. The van der Waals surface area contributed by atoms with Crippen molar-refractivity contribution < 1.29 is 9.59 Å². The Morgan fingerprint density at radius 2 is 1.93 bits per heavy atom. The number of pyridine rings is 1. The molecule has 0 atom stereocenters. The Bertz CT molecular complexity index is 1030. The minimum Gasteiger partial charge on any atom is -0.349 e. The van der Waals surface area contributed by atoms with Gasteiger partial charge in [-0.3, -0.25) is 14.9 Å². The number of nitrogens with one attached hydrogen (secondary N) is 1. The zero-order valence-corrected chi connectivity index (χ0v) is 17.5. The molecule has 1 aliphatic carbocycles. The summed E-state index contributed by atoms with van der Waals surface area (Å²) in [4.78, 5) is 42.9. The van der Waals surface area contributed by atoms with Crippen molar-refractivity contribution in [2.45, 2.75) is 50.1 Å². The molecule has 1 saturated heterocycles. The van der Waals surface area contributed by atoms with Crippen molar-refractivity contribution in [1.82, 2.24) is 29.7 Å². The molecule has 2 aromatic rings. The lowest BCUT2D eigenvalue weighted by atomic mass is 9.88. The average Bonchev–Trinajstić information content (AvgIpc) is 3.47. The number of piperidine rings is 1. The standard InChI is InChI=1S/C21H27N7O2/c1-26(2)20-24-19(30)21(25-20)7-9-27(10-8-21)18(29)14-11-16-17(22-12-14)28(13-23-16)15-5-3-4-6-15/h11-13,15H,3-10H2,1-2H3,(H,24,25,30). The maximum atomic E-state index is 13.1. The van der Waals surface area contributed by atoms with Gasteiger partial charge in [0, 0.05) is 39.4 Å². The van der Waals surface area contributed by atoms with Crippen molar-refractivity contribution in [2.24, 2.45) is 4.99 Å². The van der Waals surface area contributed by atoms with Crippen LogP contribution < -0.4 is 5.32 Å². The molecule has 4 heterocycles. The Labute approximate surface area is 175 Å². The molecule has 0 radical (unpaired) electrons. The highest BCUT2D eigenvalue weighted by atomic mass is 16.2. The molecule has 2 amide bonds. The first-order valence-corrected chi connectivity index (χ1v) is 10.7. The van der Waals surface area contributed by atoms with Crippen LogP contribution in [0.4, 0.5) is 0 Å². The van der Waals surface area contributed by atoms with Gasteiger partial charge >= 0.3 is 0 Å². The van der Waals surface area contributed by atoms with E-state index in [0.717, 1.165) is 24.0 Å². The summed E-state index contributed by atoms with van der Waals surface area (Å²) in [6.07, 6.45) is 9.37. The molecule has 30 heavy (non-hydrogen) atoms. The van der Waals surface area contributed by atoms with Crippen molar-refractivity contribution in [3.63, 3.8) is 0 Å². The van der Waals surface area contributed by atoms with E-state index in [1.807, 2.05) is 26.5 Å². The van der Waals surface area contributed by atoms with E-state index in [0.29, 0.717) is 43.5 Å². The number of carbonyl (C=O) groups excluding carboxylic acids is 2. The second-order valence-corrected chi connectivity index (χ2v) is 8.76. The first-order valence-electron chi connectivity index (χ1n) is 10.7. The van der Waals surface area contributed by atoms with E-state index in [1.165, 1.54) is 12.8 Å². The molecule has 2 fully saturated rings. The molecule has 9 nitrogen and oxygen atoms in total. The number of rotatable bonds is 2. The zero-order valence-electron chi connectivity index (χ0n) is 17.5. The number of nitrogens with zero attached hydrogens (tertiary/aromatic N) is 6. The normalized spacial score (nSPS) is 21.3. The van der Waals surface area contributed by atoms with Gasteiger partial charge in [0.05, 0.1) is 11.9 Å². The summed E-state index contributed by atoms with van der Waals surface area (Å²) in [7, 11) is 3.71. The van der Waals surface area contributed by atoms with Crippen LogP contribution in [0.3, 0.4) is 0 Å². The number of amides is 2. The van der Waals surface area contributed by atoms with Gasteiger partial charge < -0.3 is 14.4 Å². The first kappa shape index (κ1) is 19.0. The number of aliphatic imine (C=N–C) groups is 1. The predicted octanol–water partition coefficient (Wildman–Crippen LogP) is 1.57. The molecular weight excluding hydrogens is 382 g/mol. The van der Waals surface area contributed by atoms with Crippen molar-refractivity contribution in [1.29, 1.82) is 0 Å². The molecule has 1 N–H and O–H groups in total. The Hall–Kier alpha value is -2.97. The largest absolute Gasteiger partial charge is 0.349 e. The predicted molar refractivity (Wildman–Crippen MR) is 112 cm³/mol. The first-order chi connectivity index (χ1) is 14.5. The van der Waals surface area contributed by atoms with E-state index < -0.39 is 5.54 Å². The molecule has 0 bridgehead atoms. The lowest BCUT2D eigenvalue weighted by molar-refractivity contribution is -0.125. The smallest absolute Gasteiger partial charge is 0.255 e. The minimum atomic E-state index is -0.751. The molecule has 9 heteroatoms. The maximum Gasteiger partial charge on any atom is 0.255 e. The van der Waals surface area contributed by atoms with E-state index in [2.05, 4.69) is 24.8 Å². The monoisotopic (exact) mass is 409 g/mol. The zero-order chi connectivity index (χ0) is 20.9. The quantitative estimate of drug-likeness (QED) is 0.812.